The summed E-state index contributed by atoms with van der Waals surface area (Å²) < 4.78 is 6.00. The highest BCUT2D eigenvalue weighted by Gasteiger charge is 2.37. The molecule has 0 saturated heterocycles. The molecule has 0 heterocycles. The fraction of sp³-hybridized carbons (Fsp3) is 0.875. The molecule has 0 aromatic rings. The lowest BCUT2D eigenvalue weighted by atomic mass is 10.0. The monoisotopic (exact) mass is 346 g/mol. The quantitative estimate of drug-likeness (QED) is 0.554. The van der Waals surface area contributed by atoms with Crippen molar-refractivity contribution in [3.8, 4) is 0 Å². The first-order valence-corrected chi connectivity index (χ1v) is 11.1. The van der Waals surface area contributed by atoms with E-state index in [9.17, 15) is 14.7 Å². The van der Waals surface area contributed by atoms with E-state index in [4.69, 9.17) is 10.2 Å². The van der Waals surface area contributed by atoms with Gasteiger partial charge >= 0.3 is 0 Å². The van der Waals surface area contributed by atoms with Crippen LogP contribution in [0.4, 0.5) is 0 Å². The van der Waals surface area contributed by atoms with Crippen molar-refractivity contribution in [2.75, 3.05) is 6.61 Å². The third-order valence-electron chi connectivity index (χ3n) is 4.33. The van der Waals surface area contributed by atoms with E-state index in [1.165, 1.54) is 0 Å². The lowest BCUT2D eigenvalue weighted by Crippen LogP contribution is -2.49. The number of rotatable bonds is 9. The van der Waals surface area contributed by atoms with E-state index >= 15 is 0 Å². The van der Waals surface area contributed by atoms with Gasteiger partial charge in [0.25, 0.3) is 0 Å². The average molecular weight is 347 g/mol. The van der Waals surface area contributed by atoms with Crippen molar-refractivity contribution in [2.24, 2.45) is 11.7 Å². The first-order chi connectivity index (χ1) is 10.3. The maximum atomic E-state index is 11.9. The van der Waals surface area contributed by atoms with Gasteiger partial charge in [0.15, 0.2) is 8.32 Å². The largest absolute Gasteiger partial charge is 0.417 e. The van der Waals surface area contributed by atoms with Gasteiger partial charge < -0.3 is 20.6 Å². The number of primary amides is 1. The highest BCUT2D eigenvalue weighted by Crippen LogP contribution is 2.36. The number of nitrogens with two attached hydrogens (primary N) is 1. The maximum Gasteiger partial charge on any atom is 0.249 e. The van der Waals surface area contributed by atoms with Crippen LogP contribution in [-0.4, -0.2) is 44.0 Å². The molecule has 0 radical (unpaired) electrons. The van der Waals surface area contributed by atoms with Crippen molar-refractivity contribution in [1.82, 2.24) is 5.32 Å². The van der Waals surface area contributed by atoms with Crippen LogP contribution < -0.4 is 11.1 Å². The van der Waals surface area contributed by atoms with Gasteiger partial charge in [-0.15, -0.1) is 0 Å². The number of hydrogen-bond acceptors (Lipinski definition) is 4. The van der Waals surface area contributed by atoms with Gasteiger partial charge in [-0.2, -0.15) is 0 Å². The molecule has 0 aliphatic heterocycles. The third-order valence-corrected chi connectivity index (χ3v) is 8.87. The van der Waals surface area contributed by atoms with Gasteiger partial charge in [-0.1, -0.05) is 34.6 Å². The fourth-order valence-electron chi connectivity index (χ4n) is 1.76. The van der Waals surface area contributed by atoms with Gasteiger partial charge in [0, 0.05) is 6.61 Å². The van der Waals surface area contributed by atoms with Gasteiger partial charge in [-0.05, 0) is 36.9 Å². The average Bonchev–Trinajstić information content (AvgIpc) is 2.34. The van der Waals surface area contributed by atoms with Gasteiger partial charge in [-0.3, -0.25) is 9.59 Å². The van der Waals surface area contributed by atoms with Crippen LogP contribution in [0.15, 0.2) is 0 Å². The highest BCUT2D eigenvalue weighted by atomic mass is 28.4. The summed E-state index contributed by atoms with van der Waals surface area (Å²) in [5.74, 6) is -0.992. The second-order valence-electron chi connectivity index (χ2n) is 8.01. The zero-order chi connectivity index (χ0) is 18.4. The molecule has 0 saturated carbocycles. The van der Waals surface area contributed by atoms with E-state index in [1.807, 2.05) is 13.8 Å². The summed E-state index contributed by atoms with van der Waals surface area (Å²) in [7, 11) is -1.90. The second-order valence-corrected chi connectivity index (χ2v) is 12.8. The van der Waals surface area contributed by atoms with E-state index < -0.39 is 32.3 Å². The minimum atomic E-state index is -1.90. The summed E-state index contributed by atoms with van der Waals surface area (Å²) in [6, 6.07) is -0.825. The normalized spacial score (nSPS) is 15.3. The Morgan fingerprint density at radius 2 is 1.78 bits per heavy atom. The summed E-state index contributed by atoms with van der Waals surface area (Å²) in [5, 5.41) is 12.4. The number of nitrogens with one attached hydrogen (secondary N) is 1. The number of hydrogen-bond donors (Lipinski definition) is 3. The zero-order valence-corrected chi connectivity index (χ0v) is 16.6. The van der Waals surface area contributed by atoms with E-state index in [0.717, 1.165) is 0 Å². The van der Waals surface area contributed by atoms with E-state index in [1.54, 1.807) is 0 Å². The number of amides is 2. The van der Waals surface area contributed by atoms with Crippen LogP contribution in [0.5, 0.6) is 0 Å². The molecular weight excluding hydrogens is 312 g/mol. The first kappa shape index (κ1) is 22.1. The summed E-state index contributed by atoms with van der Waals surface area (Å²) >= 11 is 0. The van der Waals surface area contributed by atoms with Crippen LogP contribution in [0.25, 0.3) is 0 Å². The number of aliphatic hydroxyl groups is 1. The molecule has 0 aromatic carbocycles. The van der Waals surface area contributed by atoms with Crippen molar-refractivity contribution >= 4 is 20.1 Å². The molecular formula is C16H34N2O4Si. The Bertz CT molecular complexity index is 405. The SMILES string of the molecule is CC(C)C[C@H](O)C(=O)N[C@H](CCO[Si](C)(C)C(C)(C)C)C(N)=O. The number of aliphatic hydroxyl groups excluding tert-OH is 1. The first-order valence-electron chi connectivity index (χ1n) is 8.19. The highest BCUT2D eigenvalue weighted by molar-refractivity contribution is 6.74. The lowest BCUT2D eigenvalue weighted by molar-refractivity contribution is -0.134. The van der Waals surface area contributed by atoms with Crippen molar-refractivity contribution in [1.29, 1.82) is 0 Å². The summed E-state index contributed by atoms with van der Waals surface area (Å²) in [4.78, 5) is 23.4. The topological polar surface area (TPSA) is 102 Å². The number of carbonyl (C=O) groups excluding carboxylic acids is 2. The van der Waals surface area contributed by atoms with Gasteiger partial charge in [0.1, 0.15) is 12.1 Å². The van der Waals surface area contributed by atoms with Crippen LogP contribution in [0.1, 0.15) is 47.5 Å². The Labute approximate surface area is 141 Å². The Balaban J connectivity index is 4.55. The second kappa shape index (κ2) is 8.80. The van der Waals surface area contributed by atoms with Crippen LogP contribution in [0, 0.1) is 5.92 Å². The van der Waals surface area contributed by atoms with Crippen LogP contribution in [0.3, 0.4) is 0 Å². The number of carbonyl (C=O) groups is 2. The predicted molar refractivity (Wildman–Crippen MR) is 94.4 cm³/mol. The van der Waals surface area contributed by atoms with E-state index in [0.29, 0.717) is 19.4 Å². The molecule has 0 unspecified atom stereocenters. The molecule has 2 atom stereocenters. The minimum absolute atomic E-state index is 0.0753. The zero-order valence-electron chi connectivity index (χ0n) is 15.6. The van der Waals surface area contributed by atoms with Gasteiger partial charge in [0.05, 0.1) is 0 Å². The Morgan fingerprint density at radius 1 is 1.26 bits per heavy atom. The van der Waals surface area contributed by atoms with E-state index in [-0.39, 0.29) is 11.0 Å². The van der Waals surface area contributed by atoms with Crippen molar-refractivity contribution in [3.05, 3.63) is 0 Å². The molecule has 7 heteroatoms. The molecule has 23 heavy (non-hydrogen) atoms. The molecule has 2 amide bonds. The molecule has 6 nitrogen and oxygen atoms in total. The van der Waals surface area contributed by atoms with Crippen LogP contribution in [0.2, 0.25) is 18.1 Å². The van der Waals surface area contributed by atoms with Gasteiger partial charge in [0.2, 0.25) is 11.8 Å². The standard InChI is InChI=1S/C16H34N2O4Si/c1-11(2)10-13(19)15(21)18-12(14(17)20)8-9-22-23(6,7)16(3,4)5/h11-13,19H,8-10H2,1-7H3,(H2,17,20)(H,18,21)/t12-,13+/m1/s1. The predicted octanol–water partition coefficient (Wildman–Crippen LogP) is 1.78. The summed E-state index contributed by atoms with van der Waals surface area (Å²) in [5.41, 5.74) is 5.34. The van der Waals surface area contributed by atoms with Crippen molar-refractivity contribution < 1.29 is 19.1 Å². The maximum absolute atomic E-state index is 11.9. The van der Waals surface area contributed by atoms with Crippen molar-refractivity contribution in [3.63, 3.8) is 0 Å². The van der Waals surface area contributed by atoms with Crippen LogP contribution in [-0.2, 0) is 14.0 Å². The van der Waals surface area contributed by atoms with Crippen molar-refractivity contribution in [2.45, 2.75) is 77.7 Å². The van der Waals surface area contributed by atoms with E-state index in [2.05, 4.69) is 39.2 Å². The third kappa shape index (κ3) is 7.94. The Kier molecular flexibility index (Phi) is 8.44. The summed E-state index contributed by atoms with van der Waals surface area (Å²) in [6.45, 7) is 14.8. The molecule has 0 bridgehead atoms. The van der Waals surface area contributed by atoms with Crippen LogP contribution >= 0.6 is 0 Å². The molecule has 0 fully saturated rings. The Hall–Kier alpha value is -0.923. The molecule has 0 rings (SSSR count). The van der Waals surface area contributed by atoms with Gasteiger partial charge in [-0.25, -0.2) is 0 Å². The smallest absolute Gasteiger partial charge is 0.249 e. The lowest BCUT2D eigenvalue weighted by Gasteiger charge is -2.36. The fourth-order valence-corrected chi connectivity index (χ4v) is 2.82. The Morgan fingerprint density at radius 3 is 2.17 bits per heavy atom. The molecule has 0 aliphatic rings. The molecule has 0 spiro atoms. The molecule has 136 valence electrons. The molecule has 0 aliphatic carbocycles. The molecule has 0 aromatic heterocycles. The molecule has 4 N–H and O–H groups in total. The minimum Gasteiger partial charge on any atom is -0.417 e. The summed E-state index contributed by atoms with van der Waals surface area (Å²) in [6.07, 6.45) is -0.474.